The van der Waals surface area contributed by atoms with Gasteiger partial charge >= 0.3 is 0 Å². The summed E-state index contributed by atoms with van der Waals surface area (Å²) in [5, 5.41) is 0. The van der Waals surface area contributed by atoms with E-state index in [4.69, 9.17) is 0 Å². The van der Waals surface area contributed by atoms with Gasteiger partial charge in [-0.05, 0) is 51.7 Å². The summed E-state index contributed by atoms with van der Waals surface area (Å²) in [4.78, 5) is 2.44. The molecule has 1 spiro atoms. The molecule has 0 N–H and O–H groups in total. The normalized spacial score (nSPS) is 29.8. The SMILES string of the molecule is CC1=CC2(CCN(C)CC2)C1. The van der Waals surface area contributed by atoms with Gasteiger partial charge in [0, 0.05) is 0 Å². The molecule has 1 aliphatic carbocycles. The van der Waals surface area contributed by atoms with E-state index in [1.807, 2.05) is 0 Å². The maximum atomic E-state index is 2.50. The molecule has 1 saturated heterocycles. The second kappa shape index (κ2) is 2.34. The lowest BCUT2D eigenvalue weighted by molar-refractivity contribution is 0.147. The molecule has 1 heteroatoms. The first-order valence-corrected chi connectivity index (χ1v) is 4.57. The highest BCUT2D eigenvalue weighted by Crippen LogP contribution is 2.46. The van der Waals surface area contributed by atoms with Gasteiger partial charge in [0.25, 0.3) is 0 Å². The Morgan fingerprint density at radius 1 is 1.36 bits per heavy atom. The first kappa shape index (κ1) is 7.35. The molecule has 1 heterocycles. The Balaban J connectivity index is 1.99. The molecule has 0 aromatic heterocycles. The summed E-state index contributed by atoms with van der Waals surface area (Å²) in [5.41, 5.74) is 2.26. The van der Waals surface area contributed by atoms with Crippen molar-refractivity contribution in [3.63, 3.8) is 0 Å². The van der Waals surface area contributed by atoms with E-state index in [1.165, 1.54) is 32.4 Å². The van der Waals surface area contributed by atoms with Crippen molar-refractivity contribution in [1.29, 1.82) is 0 Å². The first-order chi connectivity index (χ1) is 5.20. The van der Waals surface area contributed by atoms with E-state index in [-0.39, 0.29) is 0 Å². The molecule has 62 valence electrons. The smallest absolute Gasteiger partial charge is 0.00134 e. The van der Waals surface area contributed by atoms with Crippen molar-refractivity contribution in [2.75, 3.05) is 20.1 Å². The van der Waals surface area contributed by atoms with Gasteiger partial charge in [0.1, 0.15) is 0 Å². The molecular weight excluding hydrogens is 134 g/mol. The van der Waals surface area contributed by atoms with Crippen molar-refractivity contribution in [3.8, 4) is 0 Å². The number of allylic oxidation sites excluding steroid dienone is 2. The molecule has 2 rings (SSSR count). The standard InChI is InChI=1S/C10H17N/c1-9-7-10(8-9)3-5-11(2)6-4-10/h7H,3-6,8H2,1-2H3. The molecule has 2 aliphatic rings. The first-order valence-electron chi connectivity index (χ1n) is 4.57. The Bertz CT molecular complexity index is 185. The highest BCUT2D eigenvalue weighted by Gasteiger charge is 2.36. The van der Waals surface area contributed by atoms with E-state index in [0.29, 0.717) is 5.41 Å². The minimum atomic E-state index is 0.649. The van der Waals surface area contributed by atoms with Gasteiger partial charge in [0.2, 0.25) is 0 Å². The van der Waals surface area contributed by atoms with E-state index >= 15 is 0 Å². The van der Waals surface area contributed by atoms with Crippen molar-refractivity contribution in [3.05, 3.63) is 11.6 Å². The highest BCUT2D eigenvalue weighted by molar-refractivity contribution is 5.22. The predicted molar refractivity (Wildman–Crippen MR) is 47.5 cm³/mol. The lowest BCUT2D eigenvalue weighted by Crippen LogP contribution is -2.40. The third-order valence-corrected chi connectivity index (χ3v) is 3.17. The van der Waals surface area contributed by atoms with Crippen molar-refractivity contribution in [1.82, 2.24) is 4.90 Å². The number of likely N-dealkylation sites (tertiary alicyclic amines) is 1. The second-order valence-corrected chi connectivity index (χ2v) is 4.33. The van der Waals surface area contributed by atoms with E-state index in [2.05, 4.69) is 24.9 Å². The minimum Gasteiger partial charge on any atom is -0.306 e. The quantitative estimate of drug-likeness (QED) is 0.479. The number of rotatable bonds is 0. The number of nitrogens with zero attached hydrogens (tertiary/aromatic N) is 1. The zero-order valence-electron chi connectivity index (χ0n) is 7.56. The summed E-state index contributed by atoms with van der Waals surface area (Å²) in [6, 6.07) is 0. The van der Waals surface area contributed by atoms with Gasteiger partial charge in [0.05, 0.1) is 0 Å². The summed E-state index contributed by atoms with van der Waals surface area (Å²) in [7, 11) is 2.22. The molecule has 0 bridgehead atoms. The van der Waals surface area contributed by atoms with E-state index in [1.54, 1.807) is 5.57 Å². The fourth-order valence-corrected chi connectivity index (χ4v) is 2.43. The third kappa shape index (κ3) is 1.22. The maximum absolute atomic E-state index is 2.50. The van der Waals surface area contributed by atoms with Crippen molar-refractivity contribution in [2.24, 2.45) is 5.41 Å². The molecular formula is C10H17N. The minimum absolute atomic E-state index is 0.649. The molecule has 0 saturated carbocycles. The Morgan fingerprint density at radius 3 is 2.36 bits per heavy atom. The predicted octanol–water partition coefficient (Wildman–Crippen LogP) is 2.05. The summed E-state index contributed by atoms with van der Waals surface area (Å²) in [6.07, 6.45) is 6.66. The van der Waals surface area contributed by atoms with Crippen LogP contribution in [-0.4, -0.2) is 25.0 Å². The number of piperidine rings is 1. The summed E-state index contributed by atoms with van der Waals surface area (Å²) >= 11 is 0. The zero-order valence-corrected chi connectivity index (χ0v) is 7.56. The van der Waals surface area contributed by atoms with Crippen LogP contribution in [0.5, 0.6) is 0 Å². The van der Waals surface area contributed by atoms with Crippen molar-refractivity contribution in [2.45, 2.75) is 26.2 Å². The summed E-state index contributed by atoms with van der Waals surface area (Å²) < 4.78 is 0. The maximum Gasteiger partial charge on any atom is -0.00134 e. The molecule has 0 aromatic rings. The van der Waals surface area contributed by atoms with Crippen LogP contribution in [0, 0.1) is 5.41 Å². The monoisotopic (exact) mass is 151 g/mol. The summed E-state index contributed by atoms with van der Waals surface area (Å²) in [5.74, 6) is 0. The molecule has 0 amide bonds. The van der Waals surface area contributed by atoms with Crippen LogP contribution in [-0.2, 0) is 0 Å². The number of hydrogen-bond acceptors (Lipinski definition) is 1. The molecule has 1 fully saturated rings. The van der Waals surface area contributed by atoms with Crippen LogP contribution in [0.3, 0.4) is 0 Å². The Hall–Kier alpha value is -0.300. The molecule has 11 heavy (non-hydrogen) atoms. The van der Waals surface area contributed by atoms with Gasteiger partial charge in [-0.15, -0.1) is 0 Å². The third-order valence-electron chi connectivity index (χ3n) is 3.17. The van der Waals surface area contributed by atoms with Crippen LogP contribution >= 0.6 is 0 Å². The van der Waals surface area contributed by atoms with E-state index in [0.717, 1.165) is 0 Å². The van der Waals surface area contributed by atoms with Crippen LogP contribution in [0.4, 0.5) is 0 Å². The van der Waals surface area contributed by atoms with Crippen LogP contribution in [0.15, 0.2) is 11.6 Å². The van der Waals surface area contributed by atoms with E-state index < -0.39 is 0 Å². The van der Waals surface area contributed by atoms with Gasteiger partial charge in [-0.3, -0.25) is 0 Å². The lowest BCUT2D eigenvalue weighted by Gasteiger charge is -2.44. The van der Waals surface area contributed by atoms with Gasteiger partial charge in [-0.25, -0.2) is 0 Å². The van der Waals surface area contributed by atoms with Gasteiger partial charge in [0.15, 0.2) is 0 Å². The van der Waals surface area contributed by atoms with Crippen LogP contribution in [0.2, 0.25) is 0 Å². The second-order valence-electron chi connectivity index (χ2n) is 4.33. The van der Waals surface area contributed by atoms with Gasteiger partial charge in [-0.2, -0.15) is 0 Å². The van der Waals surface area contributed by atoms with Crippen molar-refractivity contribution < 1.29 is 0 Å². The highest BCUT2D eigenvalue weighted by atomic mass is 15.1. The average Bonchev–Trinajstić information content (AvgIpc) is 1.92. The van der Waals surface area contributed by atoms with Crippen LogP contribution in [0.25, 0.3) is 0 Å². The van der Waals surface area contributed by atoms with Crippen LogP contribution < -0.4 is 0 Å². The molecule has 0 aromatic carbocycles. The fraction of sp³-hybridized carbons (Fsp3) is 0.800. The average molecular weight is 151 g/mol. The Morgan fingerprint density at radius 2 is 1.91 bits per heavy atom. The molecule has 1 nitrogen and oxygen atoms in total. The van der Waals surface area contributed by atoms with Crippen LogP contribution in [0.1, 0.15) is 26.2 Å². The topological polar surface area (TPSA) is 3.24 Å². The lowest BCUT2D eigenvalue weighted by atomic mass is 9.66. The molecule has 0 unspecified atom stereocenters. The van der Waals surface area contributed by atoms with Crippen molar-refractivity contribution >= 4 is 0 Å². The molecule has 0 radical (unpaired) electrons. The summed E-state index contributed by atoms with van der Waals surface area (Å²) in [6.45, 7) is 4.84. The van der Waals surface area contributed by atoms with Gasteiger partial charge in [-0.1, -0.05) is 11.6 Å². The largest absolute Gasteiger partial charge is 0.306 e. The molecule has 1 aliphatic heterocycles. The molecule has 0 atom stereocenters. The van der Waals surface area contributed by atoms with Gasteiger partial charge < -0.3 is 4.90 Å². The fourth-order valence-electron chi connectivity index (χ4n) is 2.43. The Kier molecular flexibility index (Phi) is 1.57. The van der Waals surface area contributed by atoms with E-state index in [9.17, 15) is 0 Å². The Labute approximate surface area is 69.1 Å². The zero-order chi connectivity index (χ0) is 7.90. The number of hydrogen-bond donors (Lipinski definition) is 0.